The van der Waals surface area contributed by atoms with Crippen molar-refractivity contribution in [2.24, 2.45) is 0 Å². The summed E-state index contributed by atoms with van der Waals surface area (Å²) in [6, 6.07) is 0.522. The van der Waals surface area contributed by atoms with E-state index in [2.05, 4.69) is 4.90 Å². The first-order valence-electron chi connectivity index (χ1n) is 4.96. The standard InChI is InChI=1S/C9H15N3O2/c13-7-10-1-3-12(4-2-10)9-5-11(6-9)8-14/h7-9H,1-6H2. The van der Waals surface area contributed by atoms with E-state index in [0.29, 0.717) is 6.04 Å². The fourth-order valence-electron chi connectivity index (χ4n) is 2.01. The van der Waals surface area contributed by atoms with Gasteiger partial charge >= 0.3 is 0 Å². The van der Waals surface area contributed by atoms with Gasteiger partial charge in [-0.05, 0) is 0 Å². The van der Waals surface area contributed by atoms with Gasteiger partial charge in [-0.15, -0.1) is 0 Å². The van der Waals surface area contributed by atoms with Crippen LogP contribution < -0.4 is 0 Å². The summed E-state index contributed by atoms with van der Waals surface area (Å²) >= 11 is 0. The third-order valence-electron chi connectivity index (χ3n) is 3.05. The van der Waals surface area contributed by atoms with Crippen LogP contribution in [-0.4, -0.2) is 72.8 Å². The average molecular weight is 197 g/mol. The van der Waals surface area contributed by atoms with Crippen molar-refractivity contribution in [3.8, 4) is 0 Å². The monoisotopic (exact) mass is 197 g/mol. The maximum absolute atomic E-state index is 10.5. The Hall–Kier alpha value is -1.10. The number of nitrogens with zero attached hydrogens (tertiary/aromatic N) is 3. The molecule has 0 bridgehead atoms. The van der Waals surface area contributed by atoms with E-state index in [1.54, 1.807) is 9.80 Å². The molecule has 2 aliphatic rings. The highest BCUT2D eigenvalue weighted by atomic mass is 16.1. The number of hydrogen-bond donors (Lipinski definition) is 0. The fourth-order valence-corrected chi connectivity index (χ4v) is 2.01. The van der Waals surface area contributed by atoms with Crippen LogP contribution in [0.4, 0.5) is 0 Å². The zero-order chi connectivity index (χ0) is 9.97. The Balaban J connectivity index is 1.74. The molecule has 2 aliphatic heterocycles. The summed E-state index contributed by atoms with van der Waals surface area (Å²) < 4.78 is 0. The molecule has 0 aliphatic carbocycles. The number of carbonyl (C=O) groups is 2. The van der Waals surface area contributed by atoms with Crippen LogP contribution >= 0.6 is 0 Å². The van der Waals surface area contributed by atoms with E-state index in [1.807, 2.05) is 0 Å². The molecular formula is C9H15N3O2. The topological polar surface area (TPSA) is 43.9 Å². The minimum Gasteiger partial charge on any atom is -0.343 e. The van der Waals surface area contributed by atoms with Gasteiger partial charge in [-0.2, -0.15) is 0 Å². The number of likely N-dealkylation sites (tertiary alicyclic amines) is 1. The Morgan fingerprint density at radius 2 is 1.43 bits per heavy atom. The quantitative estimate of drug-likeness (QED) is 0.523. The third-order valence-corrected chi connectivity index (χ3v) is 3.05. The van der Waals surface area contributed by atoms with Crippen LogP contribution in [0.25, 0.3) is 0 Å². The molecule has 5 heteroatoms. The van der Waals surface area contributed by atoms with Crippen LogP contribution in [0.2, 0.25) is 0 Å². The first-order chi connectivity index (χ1) is 6.83. The number of rotatable bonds is 3. The summed E-state index contributed by atoms with van der Waals surface area (Å²) in [4.78, 5) is 26.8. The van der Waals surface area contributed by atoms with Crippen molar-refractivity contribution >= 4 is 12.8 Å². The van der Waals surface area contributed by atoms with E-state index < -0.39 is 0 Å². The van der Waals surface area contributed by atoms with Crippen LogP contribution in [0.3, 0.4) is 0 Å². The molecule has 0 unspecified atom stereocenters. The number of hydrogen-bond acceptors (Lipinski definition) is 3. The summed E-state index contributed by atoms with van der Waals surface area (Å²) in [5.41, 5.74) is 0. The number of amides is 2. The second-order valence-corrected chi connectivity index (χ2v) is 3.89. The number of piperazine rings is 1. The van der Waals surface area contributed by atoms with Crippen LogP contribution in [0.5, 0.6) is 0 Å². The fraction of sp³-hybridized carbons (Fsp3) is 0.778. The molecular weight excluding hydrogens is 182 g/mol. The van der Waals surface area contributed by atoms with Gasteiger partial charge in [-0.25, -0.2) is 0 Å². The van der Waals surface area contributed by atoms with Gasteiger partial charge in [-0.3, -0.25) is 14.5 Å². The van der Waals surface area contributed by atoms with Crippen molar-refractivity contribution in [3.63, 3.8) is 0 Å². The Kier molecular flexibility index (Phi) is 2.67. The lowest BCUT2D eigenvalue weighted by Crippen LogP contribution is -2.62. The first kappa shape index (κ1) is 9.45. The van der Waals surface area contributed by atoms with E-state index in [-0.39, 0.29) is 0 Å². The van der Waals surface area contributed by atoms with Crippen molar-refractivity contribution in [1.82, 2.24) is 14.7 Å². The van der Waals surface area contributed by atoms with Gasteiger partial charge < -0.3 is 9.80 Å². The third kappa shape index (κ3) is 1.72. The van der Waals surface area contributed by atoms with Crippen molar-refractivity contribution < 1.29 is 9.59 Å². The second-order valence-electron chi connectivity index (χ2n) is 3.89. The molecule has 0 aromatic heterocycles. The van der Waals surface area contributed by atoms with E-state index in [4.69, 9.17) is 0 Å². The maximum atomic E-state index is 10.5. The largest absolute Gasteiger partial charge is 0.343 e. The lowest BCUT2D eigenvalue weighted by molar-refractivity contribution is -0.126. The van der Waals surface area contributed by atoms with Gasteiger partial charge in [0, 0.05) is 45.3 Å². The van der Waals surface area contributed by atoms with Gasteiger partial charge in [-0.1, -0.05) is 0 Å². The van der Waals surface area contributed by atoms with Crippen LogP contribution in [-0.2, 0) is 9.59 Å². The Morgan fingerprint density at radius 1 is 0.857 bits per heavy atom. The van der Waals surface area contributed by atoms with E-state index >= 15 is 0 Å². The second kappa shape index (κ2) is 3.96. The minimum absolute atomic E-state index is 0.522. The molecule has 5 nitrogen and oxygen atoms in total. The highest BCUT2D eigenvalue weighted by molar-refractivity contribution is 5.49. The first-order valence-corrected chi connectivity index (χ1v) is 4.96. The molecule has 0 saturated carbocycles. The zero-order valence-electron chi connectivity index (χ0n) is 8.13. The molecule has 78 valence electrons. The molecule has 2 amide bonds. The summed E-state index contributed by atoms with van der Waals surface area (Å²) in [5, 5.41) is 0. The maximum Gasteiger partial charge on any atom is 0.209 e. The minimum atomic E-state index is 0.522. The van der Waals surface area contributed by atoms with Gasteiger partial charge in [0.25, 0.3) is 0 Å². The van der Waals surface area contributed by atoms with Crippen LogP contribution in [0.1, 0.15) is 0 Å². The van der Waals surface area contributed by atoms with E-state index in [0.717, 1.165) is 52.1 Å². The Morgan fingerprint density at radius 3 is 1.93 bits per heavy atom. The number of carbonyl (C=O) groups excluding carboxylic acids is 2. The molecule has 0 radical (unpaired) electrons. The molecule has 2 fully saturated rings. The summed E-state index contributed by atoms with van der Waals surface area (Å²) in [5.74, 6) is 0. The lowest BCUT2D eigenvalue weighted by Gasteiger charge is -2.46. The molecule has 0 atom stereocenters. The average Bonchev–Trinajstić information content (AvgIpc) is 2.17. The predicted octanol–water partition coefficient (Wildman–Crippen LogP) is -1.40. The van der Waals surface area contributed by atoms with Gasteiger partial charge in [0.15, 0.2) is 0 Å². The highest BCUT2D eigenvalue weighted by Gasteiger charge is 2.32. The molecule has 0 spiro atoms. The van der Waals surface area contributed by atoms with Crippen molar-refractivity contribution in [2.75, 3.05) is 39.3 Å². The van der Waals surface area contributed by atoms with Gasteiger partial charge in [0.05, 0.1) is 0 Å². The molecule has 0 aromatic rings. The van der Waals surface area contributed by atoms with E-state index in [9.17, 15) is 9.59 Å². The molecule has 2 saturated heterocycles. The SMILES string of the molecule is O=CN1CCN(C2CN(C=O)C2)CC1. The van der Waals surface area contributed by atoms with Crippen LogP contribution in [0, 0.1) is 0 Å². The molecule has 2 heterocycles. The summed E-state index contributed by atoms with van der Waals surface area (Å²) in [6.45, 7) is 5.23. The summed E-state index contributed by atoms with van der Waals surface area (Å²) in [7, 11) is 0. The van der Waals surface area contributed by atoms with Crippen molar-refractivity contribution in [3.05, 3.63) is 0 Å². The van der Waals surface area contributed by atoms with Crippen molar-refractivity contribution in [2.45, 2.75) is 6.04 Å². The van der Waals surface area contributed by atoms with Gasteiger partial charge in [0.1, 0.15) is 0 Å². The van der Waals surface area contributed by atoms with Crippen molar-refractivity contribution in [1.29, 1.82) is 0 Å². The molecule has 14 heavy (non-hydrogen) atoms. The Bertz CT molecular complexity index is 220. The highest BCUT2D eigenvalue weighted by Crippen LogP contribution is 2.14. The lowest BCUT2D eigenvalue weighted by atomic mass is 10.1. The normalized spacial score (nSPS) is 24.6. The van der Waals surface area contributed by atoms with Crippen LogP contribution in [0.15, 0.2) is 0 Å². The van der Waals surface area contributed by atoms with Gasteiger partial charge in [0.2, 0.25) is 12.8 Å². The summed E-state index contributed by atoms with van der Waals surface area (Å²) in [6.07, 6.45) is 1.81. The molecule has 2 rings (SSSR count). The zero-order valence-corrected chi connectivity index (χ0v) is 8.13. The molecule has 0 N–H and O–H groups in total. The van der Waals surface area contributed by atoms with E-state index in [1.165, 1.54) is 0 Å². The molecule has 0 aromatic carbocycles. The Labute approximate surface area is 83.2 Å². The predicted molar refractivity (Wildman–Crippen MR) is 50.6 cm³/mol. The smallest absolute Gasteiger partial charge is 0.209 e.